The summed E-state index contributed by atoms with van der Waals surface area (Å²) in [5.74, 6) is 0.353. The van der Waals surface area contributed by atoms with Gasteiger partial charge in [0.25, 0.3) is 0 Å². The summed E-state index contributed by atoms with van der Waals surface area (Å²) in [6, 6.07) is 6.37. The molecule has 0 spiro atoms. The molecule has 128 valence electrons. The van der Waals surface area contributed by atoms with Gasteiger partial charge in [-0.15, -0.1) is 0 Å². The summed E-state index contributed by atoms with van der Waals surface area (Å²) < 4.78 is 0. The van der Waals surface area contributed by atoms with Crippen molar-refractivity contribution >= 4 is 17.5 Å². The highest BCUT2D eigenvalue weighted by molar-refractivity contribution is 6.01. The van der Waals surface area contributed by atoms with Crippen LogP contribution in [0, 0.1) is 0 Å². The van der Waals surface area contributed by atoms with Gasteiger partial charge in [0.05, 0.1) is 0 Å². The van der Waals surface area contributed by atoms with Crippen molar-refractivity contribution in [1.82, 2.24) is 10.6 Å². The van der Waals surface area contributed by atoms with E-state index in [0.29, 0.717) is 18.8 Å². The second-order valence-corrected chi connectivity index (χ2v) is 7.13. The Balaban J connectivity index is 1.65. The van der Waals surface area contributed by atoms with Crippen molar-refractivity contribution in [3.63, 3.8) is 0 Å². The molecule has 1 unspecified atom stereocenters. The van der Waals surface area contributed by atoms with Crippen LogP contribution in [-0.4, -0.2) is 37.5 Å². The molecule has 1 atom stereocenters. The van der Waals surface area contributed by atoms with Crippen molar-refractivity contribution in [1.29, 1.82) is 0 Å². The van der Waals surface area contributed by atoms with Crippen LogP contribution < -0.4 is 15.5 Å². The molecule has 24 heavy (non-hydrogen) atoms. The Morgan fingerprint density at radius 2 is 1.88 bits per heavy atom. The first-order chi connectivity index (χ1) is 11.7. The molecule has 5 heteroatoms. The molecule has 5 nitrogen and oxygen atoms in total. The van der Waals surface area contributed by atoms with E-state index in [2.05, 4.69) is 33.7 Å². The van der Waals surface area contributed by atoms with Crippen molar-refractivity contribution in [2.75, 3.05) is 24.5 Å². The molecule has 2 N–H and O–H groups in total. The van der Waals surface area contributed by atoms with Gasteiger partial charge in [-0.25, -0.2) is 0 Å². The van der Waals surface area contributed by atoms with Gasteiger partial charge in [-0.1, -0.05) is 12.1 Å². The van der Waals surface area contributed by atoms with E-state index in [-0.39, 0.29) is 17.9 Å². The molecule has 3 aliphatic rings. The van der Waals surface area contributed by atoms with Crippen LogP contribution in [0.25, 0.3) is 0 Å². The van der Waals surface area contributed by atoms with E-state index in [0.717, 1.165) is 32.5 Å². The zero-order valence-electron chi connectivity index (χ0n) is 14.0. The molecule has 2 saturated heterocycles. The van der Waals surface area contributed by atoms with Gasteiger partial charge in [0.1, 0.15) is 6.04 Å². The van der Waals surface area contributed by atoms with Crippen molar-refractivity contribution in [3.05, 3.63) is 29.3 Å². The molecule has 1 aromatic rings. The van der Waals surface area contributed by atoms with Crippen LogP contribution >= 0.6 is 0 Å². The SMILES string of the molecule is O=C1CCC(N2CCCc3c(C4CCNCC4)cccc32)C(=O)N1. The Kier molecular flexibility index (Phi) is 4.27. The normalized spacial score (nSPS) is 25.3. The summed E-state index contributed by atoms with van der Waals surface area (Å²) in [6.07, 6.45) is 5.62. The monoisotopic (exact) mass is 327 g/mol. The number of anilines is 1. The van der Waals surface area contributed by atoms with Gasteiger partial charge in [-0.05, 0) is 68.3 Å². The third kappa shape index (κ3) is 2.81. The maximum Gasteiger partial charge on any atom is 0.249 e. The van der Waals surface area contributed by atoms with Gasteiger partial charge in [0.2, 0.25) is 11.8 Å². The maximum absolute atomic E-state index is 12.3. The molecule has 0 saturated carbocycles. The number of amides is 2. The number of hydrogen-bond acceptors (Lipinski definition) is 4. The number of piperidine rings is 2. The van der Waals surface area contributed by atoms with Crippen molar-refractivity contribution < 1.29 is 9.59 Å². The summed E-state index contributed by atoms with van der Waals surface area (Å²) in [7, 11) is 0. The highest BCUT2D eigenvalue weighted by Gasteiger charge is 2.34. The number of hydrogen-bond donors (Lipinski definition) is 2. The zero-order valence-corrected chi connectivity index (χ0v) is 14.0. The van der Waals surface area contributed by atoms with Gasteiger partial charge in [-0.2, -0.15) is 0 Å². The average molecular weight is 327 g/mol. The minimum atomic E-state index is -0.204. The highest BCUT2D eigenvalue weighted by Crippen LogP contribution is 2.38. The van der Waals surface area contributed by atoms with Gasteiger partial charge >= 0.3 is 0 Å². The van der Waals surface area contributed by atoms with Crippen LogP contribution in [0.1, 0.15) is 49.1 Å². The van der Waals surface area contributed by atoms with E-state index in [4.69, 9.17) is 0 Å². The number of imide groups is 1. The molecule has 1 aromatic carbocycles. The summed E-state index contributed by atoms with van der Waals surface area (Å²) in [4.78, 5) is 26.0. The van der Waals surface area contributed by atoms with Crippen molar-refractivity contribution in [3.8, 4) is 0 Å². The number of nitrogens with zero attached hydrogens (tertiary/aromatic N) is 1. The van der Waals surface area contributed by atoms with E-state index in [9.17, 15) is 9.59 Å². The van der Waals surface area contributed by atoms with Crippen molar-refractivity contribution in [2.24, 2.45) is 0 Å². The van der Waals surface area contributed by atoms with Gasteiger partial charge in [0.15, 0.2) is 0 Å². The second-order valence-electron chi connectivity index (χ2n) is 7.13. The van der Waals surface area contributed by atoms with Crippen LogP contribution in [-0.2, 0) is 16.0 Å². The molecule has 0 aromatic heterocycles. The Labute approximate surface area is 142 Å². The standard InChI is InChI=1S/C19H25N3O2/c23-18-7-6-17(19(24)21-18)22-12-2-4-15-14(3-1-5-16(15)22)13-8-10-20-11-9-13/h1,3,5,13,17,20H,2,4,6-12H2,(H,21,23,24). The Morgan fingerprint density at radius 3 is 2.67 bits per heavy atom. The number of benzene rings is 1. The quantitative estimate of drug-likeness (QED) is 0.812. The van der Waals surface area contributed by atoms with E-state index in [1.165, 1.54) is 29.7 Å². The molecule has 3 heterocycles. The summed E-state index contributed by atoms with van der Waals surface area (Å²) in [5, 5.41) is 5.95. The van der Waals surface area contributed by atoms with E-state index >= 15 is 0 Å². The predicted octanol–water partition coefficient (Wildman–Crippen LogP) is 1.71. The Morgan fingerprint density at radius 1 is 1.04 bits per heavy atom. The summed E-state index contributed by atoms with van der Waals surface area (Å²) in [5.41, 5.74) is 4.12. The first-order valence-corrected chi connectivity index (χ1v) is 9.17. The van der Waals surface area contributed by atoms with Crippen LogP contribution in [0.4, 0.5) is 5.69 Å². The number of nitrogens with one attached hydrogen (secondary N) is 2. The second kappa shape index (κ2) is 6.55. The Hall–Kier alpha value is -1.88. The smallest absolute Gasteiger partial charge is 0.249 e. The molecule has 3 aliphatic heterocycles. The minimum Gasteiger partial charge on any atom is -0.359 e. The molecule has 0 bridgehead atoms. The molecule has 0 aliphatic carbocycles. The first-order valence-electron chi connectivity index (χ1n) is 9.17. The minimum absolute atomic E-state index is 0.133. The number of fused-ring (bicyclic) bond motifs is 1. The number of rotatable bonds is 2. The van der Waals surface area contributed by atoms with Crippen LogP contribution in [0.15, 0.2) is 18.2 Å². The maximum atomic E-state index is 12.3. The topological polar surface area (TPSA) is 61.4 Å². The predicted molar refractivity (Wildman–Crippen MR) is 93.1 cm³/mol. The lowest BCUT2D eigenvalue weighted by Crippen LogP contribution is -2.54. The van der Waals surface area contributed by atoms with Gasteiger partial charge < -0.3 is 10.2 Å². The third-order valence-electron chi connectivity index (χ3n) is 5.69. The molecule has 2 fully saturated rings. The molecule has 4 rings (SSSR count). The van der Waals surface area contributed by atoms with Crippen LogP contribution in [0.3, 0.4) is 0 Å². The highest BCUT2D eigenvalue weighted by atomic mass is 16.2. The largest absolute Gasteiger partial charge is 0.359 e. The summed E-state index contributed by atoms with van der Waals surface area (Å²) in [6.45, 7) is 3.07. The Bertz CT molecular complexity index is 652. The van der Waals surface area contributed by atoms with Gasteiger partial charge in [0, 0.05) is 18.7 Å². The molecule has 2 amide bonds. The molecular weight excluding hydrogens is 302 g/mol. The van der Waals surface area contributed by atoms with E-state index < -0.39 is 0 Å². The summed E-state index contributed by atoms with van der Waals surface area (Å²) >= 11 is 0. The lowest BCUT2D eigenvalue weighted by Gasteiger charge is -2.40. The van der Waals surface area contributed by atoms with E-state index in [1.54, 1.807) is 0 Å². The number of carbonyl (C=O) groups excluding carboxylic acids is 2. The van der Waals surface area contributed by atoms with Crippen LogP contribution in [0.2, 0.25) is 0 Å². The third-order valence-corrected chi connectivity index (χ3v) is 5.69. The molecular formula is C19H25N3O2. The molecule has 0 radical (unpaired) electrons. The fourth-order valence-electron chi connectivity index (χ4n) is 4.50. The van der Waals surface area contributed by atoms with Gasteiger partial charge in [-0.3, -0.25) is 14.9 Å². The van der Waals surface area contributed by atoms with Crippen LogP contribution in [0.5, 0.6) is 0 Å². The fourth-order valence-corrected chi connectivity index (χ4v) is 4.50. The number of carbonyl (C=O) groups is 2. The lowest BCUT2D eigenvalue weighted by molar-refractivity contribution is -0.134. The van der Waals surface area contributed by atoms with E-state index in [1.807, 2.05) is 0 Å². The zero-order chi connectivity index (χ0) is 16.5. The first kappa shape index (κ1) is 15.6. The van der Waals surface area contributed by atoms with Crippen molar-refractivity contribution in [2.45, 2.75) is 50.5 Å². The lowest BCUT2D eigenvalue weighted by atomic mass is 9.83. The average Bonchev–Trinajstić information content (AvgIpc) is 2.62. The fraction of sp³-hybridized carbons (Fsp3) is 0.579.